The molecule has 0 amide bonds. The quantitative estimate of drug-likeness (QED) is 0.750. The average molecular weight is 242 g/mol. The molecule has 0 spiro atoms. The van der Waals surface area contributed by atoms with Crippen LogP contribution in [0.4, 0.5) is 0 Å². The Morgan fingerprint density at radius 1 is 1.24 bits per heavy atom. The lowest BCUT2D eigenvalue weighted by Gasteiger charge is -2.28. The Hall–Kier alpha value is -0.650. The van der Waals surface area contributed by atoms with Crippen molar-refractivity contribution < 1.29 is 14.6 Å². The van der Waals surface area contributed by atoms with Gasteiger partial charge in [-0.25, -0.2) is 0 Å². The SMILES string of the molecule is C[C@@H]1CN(CCN2CCOCC2)C[C@H]1C(=O)O. The summed E-state index contributed by atoms with van der Waals surface area (Å²) in [5, 5.41) is 9.06. The number of carboxylic acids is 1. The van der Waals surface area contributed by atoms with Crippen LogP contribution in [0.1, 0.15) is 6.92 Å². The molecule has 5 nitrogen and oxygen atoms in total. The minimum absolute atomic E-state index is 0.181. The zero-order valence-corrected chi connectivity index (χ0v) is 10.5. The lowest BCUT2D eigenvalue weighted by Crippen LogP contribution is -2.41. The molecule has 0 saturated carbocycles. The van der Waals surface area contributed by atoms with Crippen LogP contribution in [0.5, 0.6) is 0 Å². The smallest absolute Gasteiger partial charge is 0.308 e. The number of carboxylic acid groups (broad SMARTS) is 1. The van der Waals surface area contributed by atoms with Gasteiger partial charge in [0.1, 0.15) is 0 Å². The number of hydrogen-bond acceptors (Lipinski definition) is 4. The number of carbonyl (C=O) groups is 1. The van der Waals surface area contributed by atoms with Crippen LogP contribution < -0.4 is 0 Å². The van der Waals surface area contributed by atoms with Gasteiger partial charge < -0.3 is 14.7 Å². The van der Waals surface area contributed by atoms with Crippen molar-refractivity contribution in [3.05, 3.63) is 0 Å². The number of aliphatic carboxylic acids is 1. The summed E-state index contributed by atoms with van der Waals surface area (Å²) in [6.45, 7) is 9.34. The number of likely N-dealkylation sites (tertiary alicyclic amines) is 1. The summed E-state index contributed by atoms with van der Waals surface area (Å²) >= 11 is 0. The Labute approximate surface area is 102 Å². The molecular formula is C12H22N2O3. The topological polar surface area (TPSA) is 53.0 Å². The van der Waals surface area contributed by atoms with E-state index in [0.717, 1.165) is 45.9 Å². The van der Waals surface area contributed by atoms with Crippen molar-refractivity contribution in [2.75, 3.05) is 52.5 Å². The molecule has 1 N–H and O–H groups in total. The Balaban J connectivity index is 1.71. The molecule has 2 heterocycles. The minimum Gasteiger partial charge on any atom is -0.481 e. The van der Waals surface area contributed by atoms with Crippen molar-refractivity contribution in [3.8, 4) is 0 Å². The van der Waals surface area contributed by atoms with Crippen LogP contribution in [0.3, 0.4) is 0 Å². The van der Waals surface area contributed by atoms with E-state index in [4.69, 9.17) is 9.84 Å². The largest absolute Gasteiger partial charge is 0.481 e. The number of ether oxygens (including phenoxy) is 1. The first kappa shape index (κ1) is 12.8. The number of rotatable bonds is 4. The van der Waals surface area contributed by atoms with E-state index in [1.807, 2.05) is 6.92 Å². The van der Waals surface area contributed by atoms with Crippen molar-refractivity contribution in [2.45, 2.75) is 6.92 Å². The summed E-state index contributed by atoms with van der Waals surface area (Å²) in [5.41, 5.74) is 0. The van der Waals surface area contributed by atoms with Crippen molar-refractivity contribution in [1.82, 2.24) is 9.80 Å². The van der Waals surface area contributed by atoms with Crippen LogP contribution in [0.25, 0.3) is 0 Å². The molecule has 0 aromatic carbocycles. The van der Waals surface area contributed by atoms with Gasteiger partial charge in [-0.3, -0.25) is 9.69 Å². The standard InChI is InChI=1S/C12H22N2O3/c1-10-8-14(9-11(10)12(15)16)3-2-13-4-6-17-7-5-13/h10-11H,2-9H2,1H3,(H,15,16)/t10-,11-/m1/s1. The van der Waals surface area contributed by atoms with Crippen LogP contribution in [0.2, 0.25) is 0 Å². The first-order valence-electron chi connectivity index (χ1n) is 6.42. The van der Waals surface area contributed by atoms with Crippen LogP contribution >= 0.6 is 0 Å². The molecule has 0 aliphatic carbocycles. The summed E-state index contributed by atoms with van der Waals surface area (Å²) < 4.78 is 5.30. The molecule has 0 bridgehead atoms. The molecule has 5 heteroatoms. The summed E-state index contributed by atoms with van der Waals surface area (Å²) in [5.74, 6) is -0.553. The molecule has 2 aliphatic heterocycles. The van der Waals surface area contributed by atoms with Crippen LogP contribution in [0, 0.1) is 11.8 Å². The molecule has 17 heavy (non-hydrogen) atoms. The Morgan fingerprint density at radius 2 is 1.88 bits per heavy atom. The van der Waals surface area contributed by atoms with Gasteiger partial charge in [0.15, 0.2) is 0 Å². The molecule has 2 fully saturated rings. The fraction of sp³-hybridized carbons (Fsp3) is 0.917. The Morgan fingerprint density at radius 3 is 2.47 bits per heavy atom. The molecule has 2 rings (SSSR count). The maximum atomic E-state index is 11.0. The third-order valence-corrected chi connectivity index (χ3v) is 3.84. The van der Waals surface area contributed by atoms with Gasteiger partial charge in [-0.15, -0.1) is 0 Å². The van der Waals surface area contributed by atoms with E-state index in [1.165, 1.54) is 0 Å². The first-order chi connectivity index (χ1) is 8.16. The predicted molar refractivity (Wildman–Crippen MR) is 64.0 cm³/mol. The van der Waals surface area contributed by atoms with Gasteiger partial charge in [-0.2, -0.15) is 0 Å². The molecule has 2 atom stereocenters. The van der Waals surface area contributed by atoms with Crippen molar-refractivity contribution in [2.24, 2.45) is 11.8 Å². The van der Waals surface area contributed by atoms with Crippen LogP contribution in [0.15, 0.2) is 0 Å². The van der Waals surface area contributed by atoms with Gasteiger partial charge >= 0.3 is 5.97 Å². The first-order valence-corrected chi connectivity index (χ1v) is 6.42. The van der Waals surface area contributed by atoms with Crippen molar-refractivity contribution in [1.29, 1.82) is 0 Å². The van der Waals surface area contributed by atoms with E-state index in [9.17, 15) is 4.79 Å². The molecular weight excluding hydrogens is 220 g/mol. The van der Waals surface area contributed by atoms with E-state index in [2.05, 4.69) is 9.80 Å². The normalized spacial score (nSPS) is 31.8. The molecule has 0 radical (unpaired) electrons. The third kappa shape index (κ3) is 3.40. The average Bonchev–Trinajstić information content (AvgIpc) is 2.69. The molecule has 0 aromatic heterocycles. The van der Waals surface area contributed by atoms with Crippen molar-refractivity contribution in [3.63, 3.8) is 0 Å². The Kier molecular flexibility index (Phi) is 4.36. The molecule has 2 saturated heterocycles. The molecule has 2 aliphatic rings. The zero-order chi connectivity index (χ0) is 12.3. The molecule has 98 valence electrons. The lowest BCUT2D eigenvalue weighted by molar-refractivity contribution is -0.142. The summed E-state index contributed by atoms with van der Waals surface area (Å²) in [6, 6.07) is 0. The molecule has 0 unspecified atom stereocenters. The van der Waals surface area contributed by atoms with Crippen molar-refractivity contribution >= 4 is 5.97 Å². The summed E-state index contributed by atoms with van der Waals surface area (Å²) in [6.07, 6.45) is 0. The predicted octanol–water partition coefficient (Wildman–Crippen LogP) is -0.0289. The monoisotopic (exact) mass is 242 g/mol. The van der Waals surface area contributed by atoms with Crippen LogP contribution in [-0.4, -0.2) is 73.4 Å². The van der Waals surface area contributed by atoms with Gasteiger partial charge in [0, 0.05) is 39.3 Å². The molecule has 0 aromatic rings. The highest BCUT2D eigenvalue weighted by molar-refractivity contribution is 5.71. The second kappa shape index (κ2) is 5.80. The second-order valence-corrected chi connectivity index (χ2v) is 5.14. The highest BCUT2D eigenvalue weighted by Gasteiger charge is 2.34. The van der Waals surface area contributed by atoms with E-state index in [0.29, 0.717) is 6.54 Å². The van der Waals surface area contributed by atoms with Crippen LogP contribution in [-0.2, 0) is 9.53 Å². The van der Waals surface area contributed by atoms with Gasteiger partial charge in [-0.1, -0.05) is 6.92 Å². The van der Waals surface area contributed by atoms with E-state index in [-0.39, 0.29) is 11.8 Å². The number of nitrogens with zero attached hydrogens (tertiary/aromatic N) is 2. The highest BCUT2D eigenvalue weighted by Crippen LogP contribution is 2.22. The fourth-order valence-corrected chi connectivity index (χ4v) is 2.68. The van der Waals surface area contributed by atoms with Gasteiger partial charge in [0.2, 0.25) is 0 Å². The summed E-state index contributed by atoms with van der Waals surface area (Å²) in [4.78, 5) is 15.7. The minimum atomic E-state index is -0.647. The maximum Gasteiger partial charge on any atom is 0.308 e. The lowest BCUT2D eigenvalue weighted by atomic mass is 9.99. The van der Waals surface area contributed by atoms with E-state index in [1.54, 1.807) is 0 Å². The van der Waals surface area contributed by atoms with Gasteiger partial charge in [0.25, 0.3) is 0 Å². The fourth-order valence-electron chi connectivity index (χ4n) is 2.68. The van der Waals surface area contributed by atoms with E-state index < -0.39 is 5.97 Å². The maximum absolute atomic E-state index is 11.0. The Bertz CT molecular complexity index is 266. The second-order valence-electron chi connectivity index (χ2n) is 5.14. The zero-order valence-electron chi connectivity index (χ0n) is 10.5. The van der Waals surface area contributed by atoms with Gasteiger partial charge in [-0.05, 0) is 5.92 Å². The highest BCUT2D eigenvalue weighted by atomic mass is 16.5. The van der Waals surface area contributed by atoms with Gasteiger partial charge in [0.05, 0.1) is 19.1 Å². The number of morpholine rings is 1. The number of hydrogen-bond donors (Lipinski definition) is 1. The third-order valence-electron chi connectivity index (χ3n) is 3.84. The summed E-state index contributed by atoms with van der Waals surface area (Å²) in [7, 11) is 0. The van der Waals surface area contributed by atoms with E-state index >= 15 is 0 Å².